The number of amides is 1. The minimum atomic E-state index is -3.51. The summed E-state index contributed by atoms with van der Waals surface area (Å²) in [5.41, 5.74) is 1.10. The van der Waals surface area contributed by atoms with Crippen molar-refractivity contribution in [3.63, 3.8) is 0 Å². The number of hydrogen-bond acceptors (Lipinski definition) is 6. The van der Waals surface area contributed by atoms with E-state index in [9.17, 15) is 13.2 Å². The smallest absolute Gasteiger partial charge is 0.259 e. The van der Waals surface area contributed by atoms with Gasteiger partial charge in [-0.3, -0.25) is 4.79 Å². The standard InChI is InChI=1S/C21H27N3O5S/c1-23-11-13-24(14-12-23)30(26,27)17-9-7-16(8-10-17)15-22-21(25)20-18(28-2)5-4-6-19(20)29-3/h4-10H,11-15H2,1-3H3,(H,22,25). The highest BCUT2D eigenvalue weighted by Gasteiger charge is 2.27. The fourth-order valence-electron chi connectivity index (χ4n) is 3.30. The fraction of sp³-hybridized carbons (Fsp3) is 0.381. The normalized spacial score (nSPS) is 15.6. The van der Waals surface area contributed by atoms with Crippen LogP contribution >= 0.6 is 0 Å². The topological polar surface area (TPSA) is 88.2 Å². The van der Waals surface area contributed by atoms with Crippen LogP contribution in [0.15, 0.2) is 47.4 Å². The van der Waals surface area contributed by atoms with Crippen LogP contribution in [0.5, 0.6) is 11.5 Å². The van der Waals surface area contributed by atoms with Crippen LogP contribution in [0.25, 0.3) is 0 Å². The summed E-state index contributed by atoms with van der Waals surface area (Å²) in [6.45, 7) is 2.65. The molecule has 2 aromatic rings. The van der Waals surface area contributed by atoms with Gasteiger partial charge in [0.05, 0.1) is 19.1 Å². The minimum Gasteiger partial charge on any atom is -0.496 e. The predicted octanol–water partition coefficient (Wildman–Crippen LogP) is 1.57. The molecule has 0 aromatic heterocycles. The first-order valence-corrected chi connectivity index (χ1v) is 11.1. The van der Waals surface area contributed by atoms with Crippen molar-refractivity contribution >= 4 is 15.9 Å². The van der Waals surface area contributed by atoms with Gasteiger partial charge in [-0.05, 0) is 36.9 Å². The Morgan fingerprint density at radius 1 is 0.967 bits per heavy atom. The van der Waals surface area contributed by atoms with Gasteiger partial charge in [0.1, 0.15) is 17.1 Å². The molecule has 0 saturated carbocycles. The molecular formula is C21H27N3O5S. The number of benzene rings is 2. The van der Waals surface area contributed by atoms with Gasteiger partial charge in [0.2, 0.25) is 10.0 Å². The van der Waals surface area contributed by atoms with Gasteiger partial charge in [-0.25, -0.2) is 8.42 Å². The summed E-state index contributed by atoms with van der Waals surface area (Å²) in [7, 11) is 1.45. The van der Waals surface area contributed by atoms with Crippen molar-refractivity contribution < 1.29 is 22.7 Å². The summed E-state index contributed by atoms with van der Waals surface area (Å²) in [6, 6.07) is 11.7. The van der Waals surface area contributed by atoms with Crippen molar-refractivity contribution in [3.8, 4) is 11.5 Å². The van der Waals surface area contributed by atoms with E-state index in [-0.39, 0.29) is 17.3 Å². The van der Waals surface area contributed by atoms with Gasteiger partial charge in [0.15, 0.2) is 0 Å². The molecule has 1 saturated heterocycles. The number of hydrogen-bond donors (Lipinski definition) is 1. The largest absolute Gasteiger partial charge is 0.496 e. The van der Waals surface area contributed by atoms with E-state index in [2.05, 4.69) is 10.2 Å². The SMILES string of the molecule is COc1cccc(OC)c1C(=O)NCc1ccc(S(=O)(=O)N2CCN(C)CC2)cc1. The lowest BCUT2D eigenvalue weighted by Gasteiger charge is -2.31. The highest BCUT2D eigenvalue weighted by molar-refractivity contribution is 7.89. The molecule has 0 unspecified atom stereocenters. The third-order valence-corrected chi connectivity index (χ3v) is 7.04. The fourth-order valence-corrected chi connectivity index (χ4v) is 4.72. The number of carbonyl (C=O) groups excluding carboxylic acids is 1. The average molecular weight is 434 g/mol. The number of rotatable bonds is 7. The molecule has 0 bridgehead atoms. The van der Waals surface area contributed by atoms with E-state index in [1.54, 1.807) is 42.5 Å². The Labute approximate surface area is 177 Å². The molecule has 1 N–H and O–H groups in total. The molecule has 0 radical (unpaired) electrons. The van der Waals surface area contributed by atoms with Crippen LogP contribution in [-0.4, -0.2) is 71.0 Å². The van der Waals surface area contributed by atoms with E-state index in [1.807, 2.05) is 7.05 Å². The Balaban J connectivity index is 1.68. The molecule has 8 nitrogen and oxygen atoms in total. The molecule has 9 heteroatoms. The van der Waals surface area contributed by atoms with Gasteiger partial charge in [-0.15, -0.1) is 0 Å². The number of likely N-dealkylation sites (N-methyl/N-ethyl adjacent to an activating group) is 1. The zero-order valence-electron chi connectivity index (χ0n) is 17.4. The van der Waals surface area contributed by atoms with Gasteiger partial charge in [-0.2, -0.15) is 4.31 Å². The van der Waals surface area contributed by atoms with Gasteiger partial charge in [0, 0.05) is 32.7 Å². The maximum Gasteiger partial charge on any atom is 0.259 e. The van der Waals surface area contributed by atoms with E-state index in [4.69, 9.17) is 9.47 Å². The van der Waals surface area contributed by atoms with Crippen molar-refractivity contribution in [2.75, 3.05) is 47.4 Å². The van der Waals surface area contributed by atoms with Gasteiger partial charge < -0.3 is 19.7 Å². The summed E-state index contributed by atoms with van der Waals surface area (Å²) in [5, 5.41) is 2.83. The van der Waals surface area contributed by atoms with Crippen molar-refractivity contribution in [2.24, 2.45) is 0 Å². The molecule has 3 rings (SSSR count). The van der Waals surface area contributed by atoms with Crippen molar-refractivity contribution in [1.82, 2.24) is 14.5 Å². The maximum absolute atomic E-state index is 12.8. The molecule has 162 valence electrons. The number of carbonyl (C=O) groups is 1. The first-order chi connectivity index (χ1) is 14.4. The van der Waals surface area contributed by atoms with Crippen molar-refractivity contribution in [3.05, 3.63) is 53.6 Å². The van der Waals surface area contributed by atoms with Crippen LogP contribution in [0.2, 0.25) is 0 Å². The third-order valence-electron chi connectivity index (χ3n) is 5.13. The van der Waals surface area contributed by atoms with E-state index < -0.39 is 10.0 Å². The van der Waals surface area contributed by atoms with Crippen LogP contribution in [0.1, 0.15) is 15.9 Å². The highest BCUT2D eigenvalue weighted by Crippen LogP contribution is 2.28. The van der Waals surface area contributed by atoms with E-state index in [0.29, 0.717) is 30.2 Å². The zero-order valence-corrected chi connectivity index (χ0v) is 18.2. The Morgan fingerprint density at radius 2 is 1.53 bits per heavy atom. The molecular weight excluding hydrogens is 406 g/mol. The van der Waals surface area contributed by atoms with E-state index >= 15 is 0 Å². The molecule has 2 aromatic carbocycles. The predicted molar refractivity (Wildman–Crippen MR) is 113 cm³/mol. The molecule has 30 heavy (non-hydrogen) atoms. The van der Waals surface area contributed by atoms with Crippen LogP contribution in [0.4, 0.5) is 0 Å². The van der Waals surface area contributed by atoms with Crippen molar-refractivity contribution in [2.45, 2.75) is 11.4 Å². The molecule has 0 aliphatic carbocycles. The van der Waals surface area contributed by atoms with E-state index in [0.717, 1.165) is 18.7 Å². The Kier molecular flexibility index (Phi) is 6.96. The second-order valence-corrected chi connectivity index (χ2v) is 9.01. The summed E-state index contributed by atoms with van der Waals surface area (Å²) in [5.74, 6) is 0.499. The maximum atomic E-state index is 12.8. The van der Waals surface area contributed by atoms with Crippen molar-refractivity contribution in [1.29, 1.82) is 0 Å². The van der Waals surface area contributed by atoms with Crippen LogP contribution in [0.3, 0.4) is 0 Å². The quantitative estimate of drug-likeness (QED) is 0.713. The average Bonchev–Trinajstić information content (AvgIpc) is 2.77. The summed E-state index contributed by atoms with van der Waals surface area (Å²) < 4.78 is 37.7. The second-order valence-electron chi connectivity index (χ2n) is 7.07. The highest BCUT2D eigenvalue weighted by atomic mass is 32.2. The molecule has 1 amide bonds. The first-order valence-electron chi connectivity index (χ1n) is 9.63. The minimum absolute atomic E-state index is 0.245. The number of piperazine rings is 1. The van der Waals surface area contributed by atoms with E-state index in [1.165, 1.54) is 18.5 Å². The monoisotopic (exact) mass is 433 g/mol. The van der Waals surface area contributed by atoms with Crippen LogP contribution in [0, 0.1) is 0 Å². The molecule has 1 heterocycles. The lowest BCUT2D eigenvalue weighted by Crippen LogP contribution is -2.47. The van der Waals surface area contributed by atoms with Gasteiger partial charge >= 0.3 is 0 Å². The third kappa shape index (κ3) is 4.75. The summed E-state index contributed by atoms with van der Waals surface area (Å²) in [6.07, 6.45) is 0. The number of nitrogens with zero attached hydrogens (tertiary/aromatic N) is 2. The van der Waals surface area contributed by atoms with Crippen LogP contribution < -0.4 is 14.8 Å². The zero-order chi connectivity index (χ0) is 21.7. The Bertz CT molecular complexity index is 962. The Morgan fingerprint density at radius 3 is 2.07 bits per heavy atom. The molecule has 1 aliphatic heterocycles. The number of ether oxygens (including phenoxy) is 2. The lowest BCUT2D eigenvalue weighted by molar-refractivity contribution is 0.0944. The molecule has 1 fully saturated rings. The summed E-state index contributed by atoms with van der Waals surface area (Å²) in [4.78, 5) is 15.0. The number of nitrogens with one attached hydrogen (secondary N) is 1. The summed E-state index contributed by atoms with van der Waals surface area (Å²) >= 11 is 0. The second kappa shape index (κ2) is 9.46. The molecule has 1 aliphatic rings. The number of methoxy groups -OCH3 is 2. The number of sulfonamides is 1. The molecule has 0 spiro atoms. The Hall–Kier alpha value is -2.62. The lowest BCUT2D eigenvalue weighted by atomic mass is 10.1. The van der Waals surface area contributed by atoms with Gasteiger partial charge in [0.25, 0.3) is 5.91 Å². The first kappa shape index (κ1) is 22.1. The molecule has 0 atom stereocenters. The van der Waals surface area contributed by atoms with Crippen LogP contribution in [-0.2, 0) is 16.6 Å². The van der Waals surface area contributed by atoms with Gasteiger partial charge in [-0.1, -0.05) is 18.2 Å².